The summed E-state index contributed by atoms with van der Waals surface area (Å²) in [4.78, 5) is 0.320. The van der Waals surface area contributed by atoms with Crippen LogP contribution in [0.3, 0.4) is 0 Å². The summed E-state index contributed by atoms with van der Waals surface area (Å²) < 4.78 is 11.3. The number of phenolic OH excluding ortho intramolecular Hbond substituents is 1. The second-order valence-corrected chi connectivity index (χ2v) is 4.85. The summed E-state index contributed by atoms with van der Waals surface area (Å²) in [6, 6.07) is 12.2. The summed E-state index contributed by atoms with van der Waals surface area (Å²) in [7, 11) is 0. The third-order valence-electron chi connectivity index (χ3n) is 2.86. The van der Waals surface area contributed by atoms with Crippen LogP contribution in [0.1, 0.15) is 18.1 Å². The van der Waals surface area contributed by atoms with E-state index in [4.69, 9.17) is 27.4 Å². The highest BCUT2D eigenvalue weighted by Crippen LogP contribution is 2.29. The molecule has 0 aliphatic rings. The molecule has 3 N–H and O–H groups in total. The first-order valence-corrected chi connectivity index (χ1v) is 6.98. The van der Waals surface area contributed by atoms with Crippen LogP contribution in [0.5, 0.6) is 17.2 Å². The van der Waals surface area contributed by atoms with E-state index in [0.29, 0.717) is 29.7 Å². The van der Waals surface area contributed by atoms with Crippen molar-refractivity contribution >= 4 is 17.2 Å². The molecule has 0 spiro atoms. The largest absolute Gasteiger partial charge is 0.508 e. The van der Waals surface area contributed by atoms with Gasteiger partial charge in [-0.2, -0.15) is 0 Å². The fraction of sp³-hybridized carbons (Fsp3) is 0.188. The summed E-state index contributed by atoms with van der Waals surface area (Å²) in [5, 5.41) is 9.25. The number of hydrogen-bond donors (Lipinski definition) is 2. The molecule has 0 bridgehead atoms. The minimum atomic E-state index is 0.231. The Morgan fingerprint density at radius 1 is 1.10 bits per heavy atom. The molecule has 0 atom stereocenters. The summed E-state index contributed by atoms with van der Waals surface area (Å²) in [5.41, 5.74) is 7.31. The second-order valence-electron chi connectivity index (χ2n) is 4.41. The van der Waals surface area contributed by atoms with E-state index in [0.717, 1.165) is 11.1 Å². The topological polar surface area (TPSA) is 64.7 Å². The highest BCUT2D eigenvalue weighted by molar-refractivity contribution is 7.80. The van der Waals surface area contributed by atoms with Crippen LogP contribution in [0.15, 0.2) is 42.5 Å². The fourth-order valence-electron chi connectivity index (χ4n) is 1.80. The van der Waals surface area contributed by atoms with Crippen LogP contribution in [0, 0.1) is 0 Å². The first kappa shape index (κ1) is 15.1. The van der Waals surface area contributed by atoms with Crippen LogP contribution in [-0.2, 0) is 6.61 Å². The van der Waals surface area contributed by atoms with Crippen molar-refractivity contribution in [2.45, 2.75) is 13.5 Å². The summed E-state index contributed by atoms with van der Waals surface area (Å²) in [6.45, 7) is 2.81. The highest BCUT2D eigenvalue weighted by Gasteiger charge is 2.08. The number of phenols is 1. The van der Waals surface area contributed by atoms with E-state index in [1.54, 1.807) is 42.5 Å². The van der Waals surface area contributed by atoms with Gasteiger partial charge >= 0.3 is 0 Å². The van der Waals surface area contributed by atoms with Crippen molar-refractivity contribution in [3.05, 3.63) is 53.6 Å². The van der Waals surface area contributed by atoms with Crippen molar-refractivity contribution in [1.29, 1.82) is 0 Å². The van der Waals surface area contributed by atoms with Crippen molar-refractivity contribution in [3.8, 4) is 17.2 Å². The average Bonchev–Trinajstić information content (AvgIpc) is 2.47. The lowest BCUT2D eigenvalue weighted by Gasteiger charge is -2.13. The molecule has 110 valence electrons. The Hall–Kier alpha value is -2.27. The molecule has 0 heterocycles. The number of benzene rings is 2. The Labute approximate surface area is 129 Å². The van der Waals surface area contributed by atoms with E-state index in [-0.39, 0.29) is 5.75 Å². The molecular formula is C16H17NO3S. The first-order chi connectivity index (χ1) is 10.1. The van der Waals surface area contributed by atoms with Gasteiger partial charge in [0.05, 0.1) is 6.61 Å². The molecule has 21 heavy (non-hydrogen) atoms. The van der Waals surface area contributed by atoms with E-state index < -0.39 is 0 Å². The Morgan fingerprint density at radius 3 is 2.43 bits per heavy atom. The van der Waals surface area contributed by atoms with Crippen LogP contribution < -0.4 is 15.2 Å². The lowest BCUT2D eigenvalue weighted by Crippen LogP contribution is -2.10. The van der Waals surface area contributed by atoms with Gasteiger partial charge in [0.25, 0.3) is 0 Å². The molecule has 2 aromatic rings. The molecule has 0 aliphatic carbocycles. The summed E-state index contributed by atoms with van der Waals surface area (Å²) in [5.74, 6) is 1.47. The molecule has 0 amide bonds. The number of rotatable bonds is 6. The molecule has 5 heteroatoms. The molecule has 4 nitrogen and oxygen atoms in total. The molecule has 2 rings (SSSR count). The smallest absolute Gasteiger partial charge is 0.161 e. The van der Waals surface area contributed by atoms with E-state index in [1.165, 1.54) is 0 Å². The van der Waals surface area contributed by atoms with Crippen LogP contribution in [0.2, 0.25) is 0 Å². The van der Waals surface area contributed by atoms with Gasteiger partial charge in [-0.1, -0.05) is 24.4 Å². The quantitative estimate of drug-likeness (QED) is 0.803. The van der Waals surface area contributed by atoms with Crippen molar-refractivity contribution in [3.63, 3.8) is 0 Å². The molecule has 2 aromatic carbocycles. The third-order valence-corrected chi connectivity index (χ3v) is 3.09. The zero-order valence-corrected chi connectivity index (χ0v) is 12.5. The molecule has 0 aromatic heterocycles. The number of aromatic hydroxyl groups is 1. The van der Waals surface area contributed by atoms with Crippen molar-refractivity contribution in [2.75, 3.05) is 6.61 Å². The predicted molar refractivity (Wildman–Crippen MR) is 85.9 cm³/mol. The standard InChI is InChI=1S/C16H17NO3S/c1-2-19-15-9-12(16(17)21)5-8-14(15)20-10-11-3-6-13(18)7-4-11/h3-9,18H,2,10H2,1H3,(H2,17,21). The van der Waals surface area contributed by atoms with Gasteiger partial charge in [0, 0.05) is 5.56 Å². The number of hydrogen-bond acceptors (Lipinski definition) is 4. The lowest BCUT2D eigenvalue weighted by atomic mass is 10.2. The first-order valence-electron chi connectivity index (χ1n) is 6.57. The van der Waals surface area contributed by atoms with Gasteiger partial charge in [0.2, 0.25) is 0 Å². The zero-order chi connectivity index (χ0) is 15.2. The summed E-state index contributed by atoms with van der Waals surface area (Å²) >= 11 is 4.96. The molecule has 0 radical (unpaired) electrons. The highest BCUT2D eigenvalue weighted by atomic mass is 32.1. The maximum atomic E-state index is 9.25. The molecule has 0 unspecified atom stereocenters. The monoisotopic (exact) mass is 303 g/mol. The number of thiocarbonyl (C=S) groups is 1. The van der Waals surface area contributed by atoms with E-state index in [2.05, 4.69) is 0 Å². The number of nitrogens with two attached hydrogens (primary N) is 1. The Kier molecular flexibility index (Phi) is 5.00. The van der Waals surface area contributed by atoms with Gasteiger partial charge in [0.15, 0.2) is 11.5 Å². The minimum Gasteiger partial charge on any atom is -0.508 e. The Morgan fingerprint density at radius 2 is 1.81 bits per heavy atom. The van der Waals surface area contributed by atoms with Crippen LogP contribution >= 0.6 is 12.2 Å². The molecular weight excluding hydrogens is 286 g/mol. The zero-order valence-electron chi connectivity index (χ0n) is 11.7. The van der Waals surface area contributed by atoms with E-state index >= 15 is 0 Å². The van der Waals surface area contributed by atoms with Crippen molar-refractivity contribution in [2.24, 2.45) is 5.73 Å². The maximum Gasteiger partial charge on any atom is 0.161 e. The molecule has 0 saturated heterocycles. The Bertz CT molecular complexity index is 626. The van der Waals surface area contributed by atoms with Gasteiger partial charge in [-0.15, -0.1) is 0 Å². The second kappa shape index (κ2) is 6.95. The minimum absolute atomic E-state index is 0.231. The average molecular weight is 303 g/mol. The van der Waals surface area contributed by atoms with Crippen LogP contribution in [0.25, 0.3) is 0 Å². The molecule has 0 aliphatic heterocycles. The SMILES string of the molecule is CCOc1cc(C(N)=S)ccc1OCc1ccc(O)cc1. The van der Waals surface area contributed by atoms with Crippen LogP contribution in [0.4, 0.5) is 0 Å². The Balaban J connectivity index is 2.14. The van der Waals surface area contributed by atoms with Crippen LogP contribution in [-0.4, -0.2) is 16.7 Å². The fourth-order valence-corrected chi connectivity index (χ4v) is 1.93. The molecule has 0 saturated carbocycles. The third kappa shape index (κ3) is 4.10. The molecule has 0 fully saturated rings. The summed E-state index contributed by atoms with van der Waals surface area (Å²) in [6.07, 6.45) is 0. The van der Waals surface area contributed by atoms with Crippen molar-refractivity contribution < 1.29 is 14.6 Å². The normalized spacial score (nSPS) is 10.1. The maximum absolute atomic E-state index is 9.25. The van der Waals surface area contributed by atoms with Gasteiger partial charge < -0.3 is 20.3 Å². The van der Waals surface area contributed by atoms with Gasteiger partial charge in [-0.05, 0) is 42.8 Å². The van der Waals surface area contributed by atoms with Gasteiger partial charge in [-0.3, -0.25) is 0 Å². The van der Waals surface area contributed by atoms with Gasteiger partial charge in [-0.25, -0.2) is 0 Å². The predicted octanol–water partition coefficient (Wildman–Crippen LogP) is 3.00. The van der Waals surface area contributed by atoms with E-state index in [9.17, 15) is 5.11 Å². The lowest BCUT2D eigenvalue weighted by molar-refractivity contribution is 0.269. The number of ether oxygens (including phenoxy) is 2. The van der Waals surface area contributed by atoms with Gasteiger partial charge in [0.1, 0.15) is 17.3 Å². The van der Waals surface area contributed by atoms with Crippen molar-refractivity contribution in [1.82, 2.24) is 0 Å². The van der Waals surface area contributed by atoms with E-state index in [1.807, 2.05) is 6.92 Å².